The second kappa shape index (κ2) is 3.88. The molecule has 2 aliphatic carbocycles. The molecule has 18 heavy (non-hydrogen) atoms. The van der Waals surface area contributed by atoms with E-state index in [0.29, 0.717) is 0 Å². The number of halogens is 2. The maximum absolute atomic E-state index is 11.8. The molecule has 98 valence electrons. The number of ether oxygens (including phenoxy) is 3. The SMILES string of the molecule is COC1(OC)[C@@H]2C(Br)=C(Br)[C@H]1[C@H]1C(=O)OC(=O)[C@H]12. The standard InChI is InChI=1S/C11H10Br2O5/c1-16-11(17-2)5-3-4(10(15)18-9(3)14)6(11)8(13)7(5)12/h3-6H,1-2H3/t3-,4+,5+,6-. The fourth-order valence-electron chi connectivity index (χ4n) is 3.47. The normalized spacial score (nSPS) is 40.4. The highest BCUT2D eigenvalue weighted by Gasteiger charge is 2.75. The van der Waals surface area contributed by atoms with Crippen LogP contribution in [-0.2, 0) is 23.8 Å². The van der Waals surface area contributed by atoms with Crippen molar-refractivity contribution in [3.63, 3.8) is 0 Å². The van der Waals surface area contributed by atoms with Crippen LogP contribution < -0.4 is 0 Å². The van der Waals surface area contributed by atoms with Gasteiger partial charge in [-0.2, -0.15) is 0 Å². The molecule has 0 amide bonds. The largest absolute Gasteiger partial charge is 0.393 e. The van der Waals surface area contributed by atoms with Crippen molar-refractivity contribution in [3.8, 4) is 0 Å². The Hall–Kier alpha value is -0.240. The van der Waals surface area contributed by atoms with Crippen LogP contribution in [0.5, 0.6) is 0 Å². The Bertz CT molecular complexity index is 444. The summed E-state index contributed by atoms with van der Waals surface area (Å²) in [7, 11) is 3.04. The lowest BCUT2D eigenvalue weighted by atomic mass is 9.85. The third kappa shape index (κ3) is 1.19. The summed E-state index contributed by atoms with van der Waals surface area (Å²) in [4.78, 5) is 23.6. The number of esters is 2. The van der Waals surface area contributed by atoms with E-state index in [1.54, 1.807) is 0 Å². The lowest BCUT2D eigenvalue weighted by Crippen LogP contribution is -2.43. The molecule has 0 N–H and O–H groups in total. The summed E-state index contributed by atoms with van der Waals surface area (Å²) < 4.78 is 17.4. The van der Waals surface area contributed by atoms with Gasteiger partial charge in [-0.3, -0.25) is 9.59 Å². The van der Waals surface area contributed by atoms with Crippen LogP contribution in [0.1, 0.15) is 0 Å². The Morgan fingerprint density at radius 3 is 1.72 bits per heavy atom. The number of cyclic esters (lactones) is 2. The maximum Gasteiger partial charge on any atom is 0.318 e. The van der Waals surface area contributed by atoms with Gasteiger partial charge in [0.15, 0.2) is 5.79 Å². The van der Waals surface area contributed by atoms with Gasteiger partial charge in [-0.25, -0.2) is 0 Å². The highest BCUT2D eigenvalue weighted by atomic mass is 79.9. The summed E-state index contributed by atoms with van der Waals surface area (Å²) in [6.07, 6.45) is 0. The molecule has 1 saturated carbocycles. The first-order valence-electron chi connectivity index (χ1n) is 5.40. The molecule has 0 spiro atoms. The van der Waals surface area contributed by atoms with Gasteiger partial charge in [0.1, 0.15) is 0 Å². The van der Waals surface area contributed by atoms with Gasteiger partial charge < -0.3 is 14.2 Å². The van der Waals surface area contributed by atoms with Crippen molar-refractivity contribution in [2.24, 2.45) is 23.7 Å². The quantitative estimate of drug-likeness (QED) is 0.412. The molecule has 0 aromatic rings. The van der Waals surface area contributed by atoms with Crippen LogP contribution in [0.15, 0.2) is 8.96 Å². The van der Waals surface area contributed by atoms with Gasteiger partial charge in [-0.05, 0) is 0 Å². The first-order valence-corrected chi connectivity index (χ1v) is 6.99. The molecular formula is C11H10Br2O5. The predicted molar refractivity (Wildman–Crippen MR) is 66.7 cm³/mol. The fraction of sp³-hybridized carbons (Fsp3) is 0.636. The summed E-state index contributed by atoms with van der Waals surface area (Å²) in [5.41, 5.74) is 0. The van der Waals surface area contributed by atoms with Crippen LogP contribution in [0, 0.1) is 23.7 Å². The second-order valence-electron chi connectivity index (χ2n) is 4.57. The van der Waals surface area contributed by atoms with Gasteiger partial charge in [0.2, 0.25) is 0 Å². The van der Waals surface area contributed by atoms with Gasteiger partial charge in [-0.15, -0.1) is 0 Å². The smallest absolute Gasteiger partial charge is 0.318 e. The third-order valence-corrected chi connectivity index (χ3v) is 6.50. The first-order chi connectivity index (χ1) is 8.49. The van der Waals surface area contributed by atoms with Gasteiger partial charge >= 0.3 is 11.9 Å². The molecule has 7 heteroatoms. The molecule has 1 heterocycles. The van der Waals surface area contributed by atoms with Crippen molar-refractivity contribution in [1.29, 1.82) is 0 Å². The maximum atomic E-state index is 11.8. The van der Waals surface area contributed by atoms with E-state index in [9.17, 15) is 9.59 Å². The molecular weight excluding hydrogens is 372 g/mol. The van der Waals surface area contributed by atoms with Gasteiger partial charge in [-0.1, -0.05) is 31.9 Å². The number of hydrogen-bond acceptors (Lipinski definition) is 5. The molecule has 4 atom stereocenters. The van der Waals surface area contributed by atoms with Crippen molar-refractivity contribution in [2.45, 2.75) is 5.79 Å². The van der Waals surface area contributed by atoms with Crippen molar-refractivity contribution in [1.82, 2.24) is 0 Å². The van der Waals surface area contributed by atoms with Crippen LogP contribution in [0.25, 0.3) is 0 Å². The van der Waals surface area contributed by atoms with E-state index < -0.39 is 29.6 Å². The van der Waals surface area contributed by atoms with E-state index in [-0.39, 0.29) is 11.8 Å². The van der Waals surface area contributed by atoms with Crippen molar-refractivity contribution in [2.75, 3.05) is 14.2 Å². The van der Waals surface area contributed by atoms with Gasteiger partial charge in [0, 0.05) is 23.2 Å². The monoisotopic (exact) mass is 380 g/mol. The molecule has 1 aliphatic heterocycles. The van der Waals surface area contributed by atoms with Crippen LogP contribution in [0.3, 0.4) is 0 Å². The Balaban J connectivity index is 2.18. The highest BCUT2D eigenvalue weighted by molar-refractivity contribution is 9.14. The minimum Gasteiger partial charge on any atom is -0.393 e. The Kier molecular flexibility index (Phi) is 2.75. The van der Waals surface area contributed by atoms with Crippen molar-refractivity contribution < 1.29 is 23.8 Å². The lowest BCUT2D eigenvalue weighted by molar-refractivity contribution is -0.237. The zero-order valence-electron chi connectivity index (χ0n) is 9.61. The Labute approximate surface area is 120 Å². The van der Waals surface area contributed by atoms with E-state index >= 15 is 0 Å². The fourth-order valence-corrected chi connectivity index (χ4v) is 5.17. The summed E-state index contributed by atoms with van der Waals surface area (Å²) >= 11 is 6.91. The third-order valence-electron chi connectivity index (χ3n) is 4.13. The minimum absolute atomic E-state index is 0.351. The zero-order chi connectivity index (χ0) is 13.2. The van der Waals surface area contributed by atoms with E-state index in [1.807, 2.05) is 0 Å². The van der Waals surface area contributed by atoms with E-state index in [4.69, 9.17) is 14.2 Å². The van der Waals surface area contributed by atoms with Crippen LogP contribution in [0.4, 0.5) is 0 Å². The number of carbonyl (C=O) groups is 2. The lowest BCUT2D eigenvalue weighted by Gasteiger charge is -2.33. The van der Waals surface area contributed by atoms with Crippen LogP contribution >= 0.6 is 31.9 Å². The molecule has 0 aromatic carbocycles. The Morgan fingerprint density at radius 1 is 1.00 bits per heavy atom. The molecule has 2 fully saturated rings. The number of methoxy groups -OCH3 is 2. The van der Waals surface area contributed by atoms with Gasteiger partial charge in [0.05, 0.1) is 23.7 Å². The van der Waals surface area contributed by atoms with Crippen LogP contribution in [-0.4, -0.2) is 31.9 Å². The summed E-state index contributed by atoms with van der Waals surface area (Å²) in [6, 6.07) is 0. The van der Waals surface area contributed by atoms with E-state index in [2.05, 4.69) is 31.9 Å². The van der Waals surface area contributed by atoms with Gasteiger partial charge in [0.25, 0.3) is 0 Å². The molecule has 2 bridgehead atoms. The average Bonchev–Trinajstić information content (AvgIpc) is 2.88. The predicted octanol–water partition coefficient (Wildman–Crippen LogP) is 1.55. The average molecular weight is 382 g/mol. The molecule has 0 radical (unpaired) electrons. The molecule has 3 aliphatic rings. The van der Waals surface area contributed by atoms with E-state index in [1.165, 1.54) is 14.2 Å². The van der Waals surface area contributed by atoms with Crippen molar-refractivity contribution >= 4 is 43.8 Å². The molecule has 1 saturated heterocycles. The summed E-state index contributed by atoms with van der Waals surface area (Å²) in [5, 5.41) is 0. The Morgan fingerprint density at radius 2 is 1.39 bits per heavy atom. The number of hydrogen-bond donors (Lipinski definition) is 0. The number of carbonyl (C=O) groups excluding carboxylic acids is 2. The zero-order valence-corrected chi connectivity index (χ0v) is 12.8. The topological polar surface area (TPSA) is 61.8 Å². The molecule has 3 rings (SSSR count). The first kappa shape index (κ1) is 12.8. The second-order valence-corrected chi connectivity index (χ2v) is 6.28. The molecule has 0 aromatic heterocycles. The number of rotatable bonds is 2. The molecule has 5 nitrogen and oxygen atoms in total. The van der Waals surface area contributed by atoms with Crippen LogP contribution in [0.2, 0.25) is 0 Å². The van der Waals surface area contributed by atoms with E-state index in [0.717, 1.165) is 8.96 Å². The minimum atomic E-state index is -0.984. The summed E-state index contributed by atoms with van der Waals surface area (Å²) in [5.74, 6) is -3.73. The molecule has 0 unspecified atom stereocenters. The number of fused-ring (bicyclic) bond motifs is 5. The summed E-state index contributed by atoms with van der Waals surface area (Å²) in [6.45, 7) is 0. The van der Waals surface area contributed by atoms with Crippen molar-refractivity contribution in [3.05, 3.63) is 8.96 Å². The highest BCUT2D eigenvalue weighted by Crippen LogP contribution is 2.67.